The molecule has 0 bridgehead atoms. The Morgan fingerprint density at radius 2 is 2.05 bits per heavy atom. The van der Waals surface area contributed by atoms with Crippen molar-refractivity contribution in [3.05, 3.63) is 23.0 Å². The number of aromatic nitrogens is 2. The first-order valence-corrected chi connectivity index (χ1v) is 7.40. The summed E-state index contributed by atoms with van der Waals surface area (Å²) in [5.74, 6) is -0.992. The summed E-state index contributed by atoms with van der Waals surface area (Å²) in [5.41, 5.74) is -1.14. The van der Waals surface area contributed by atoms with Gasteiger partial charge in [0.1, 0.15) is 5.54 Å². The molecule has 0 aromatic carbocycles. The van der Waals surface area contributed by atoms with E-state index in [4.69, 9.17) is 11.6 Å². The van der Waals surface area contributed by atoms with Crippen LogP contribution in [0.2, 0.25) is 5.15 Å². The molecule has 1 amide bonds. The highest BCUT2D eigenvalue weighted by atomic mass is 35.5. The molecule has 21 heavy (non-hydrogen) atoms. The van der Waals surface area contributed by atoms with Crippen LogP contribution in [0.3, 0.4) is 0 Å². The van der Waals surface area contributed by atoms with E-state index in [9.17, 15) is 14.7 Å². The third-order valence-corrected chi connectivity index (χ3v) is 4.36. The van der Waals surface area contributed by atoms with Gasteiger partial charge in [-0.25, -0.2) is 4.79 Å². The second-order valence-electron chi connectivity index (χ2n) is 5.43. The zero-order valence-corrected chi connectivity index (χ0v) is 12.6. The summed E-state index contributed by atoms with van der Waals surface area (Å²) in [5, 5.41) is 19.6. The maximum absolute atomic E-state index is 12.2. The van der Waals surface area contributed by atoms with Gasteiger partial charge < -0.3 is 10.4 Å². The summed E-state index contributed by atoms with van der Waals surface area (Å²) >= 11 is 5.62. The number of aliphatic carboxylic acids is 1. The average molecular weight is 312 g/mol. The van der Waals surface area contributed by atoms with Gasteiger partial charge in [0.25, 0.3) is 5.91 Å². The van der Waals surface area contributed by atoms with Gasteiger partial charge in [-0.3, -0.25) is 4.79 Å². The number of amides is 1. The van der Waals surface area contributed by atoms with Crippen molar-refractivity contribution in [1.29, 1.82) is 0 Å². The molecular weight excluding hydrogens is 294 g/mol. The lowest BCUT2D eigenvalue weighted by atomic mass is 9.75. The molecule has 1 aliphatic rings. The molecule has 2 rings (SSSR count). The minimum absolute atomic E-state index is 0.0673. The van der Waals surface area contributed by atoms with Gasteiger partial charge in [0.05, 0.1) is 0 Å². The predicted octanol–water partition coefficient (Wildman–Crippen LogP) is 2.28. The Labute approximate surface area is 127 Å². The third-order valence-electron chi connectivity index (χ3n) is 4.16. The second kappa shape index (κ2) is 6.39. The zero-order valence-electron chi connectivity index (χ0n) is 11.8. The van der Waals surface area contributed by atoms with Gasteiger partial charge in [-0.1, -0.05) is 24.9 Å². The van der Waals surface area contributed by atoms with Crippen molar-refractivity contribution in [2.45, 2.75) is 44.6 Å². The van der Waals surface area contributed by atoms with Gasteiger partial charge >= 0.3 is 5.97 Å². The molecule has 0 saturated heterocycles. The summed E-state index contributed by atoms with van der Waals surface area (Å²) in [4.78, 5) is 23.8. The van der Waals surface area contributed by atoms with Crippen LogP contribution in [0.4, 0.5) is 0 Å². The third kappa shape index (κ3) is 3.50. The number of carboxylic acids is 1. The van der Waals surface area contributed by atoms with Crippen molar-refractivity contribution in [2.24, 2.45) is 5.92 Å². The fourth-order valence-corrected chi connectivity index (χ4v) is 2.79. The largest absolute Gasteiger partial charge is 0.480 e. The van der Waals surface area contributed by atoms with Crippen molar-refractivity contribution in [1.82, 2.24) is 15.5 Å². The molecule has 1 aromatic heterocycles. The maximum Gasteiger partial charge on any atom is 0.329 e. The minimum atomic E-state index is -1.20. The van der Waals surface area contributed by atoms with E-state index in [1.54, 1.807) is 0 Å². The van der Waals surface area contributed by atoms with Gasteiger partial charge in [0, 0.05) is 0 Å². The smallest absolute Gasteiger partial charge is 0.329 e. The van der Waals surface area contributed by atoms with Gasteiger partial charge in [0.2, 0.25) is 0 Å². The molecule has 0 atom stereocenters. The highest BCUT2D eigenvalue weighted by molar-refractivity contribution is 6.29. The SMILES string of the molecule is CCC1CCC(NC(=O)c2ccc(Cl)nn2)(C(=O)O)CC1. The number of carbonyl (C=O) groups is 2. The molecule has 0 unspecified atom stereocenters. The van der Waals surface area contributed by atoms with Crippen LogP contribution < -0.4 is 5.32 Å². The van der Waals surface area contributed by atoms with Gasteiger partial charge in [0.15, 0.2) is 10.8 Å². The summed E-state index contributed by atoms with van der Waals surface area (Å²) in [6, 6.07) is 2.88. The molecule has 0 aliphatic heterocycles. The Morgan fingerprint density at radius 3 is 2.52 bits per heavy atom. The molecule has 6 nitrogen and oxygen atoms in total. The van der Waals surface area contributed by atoms with E-state index >= 15 is 0 Å². The number of rotatable bonds is 4. The molecule has 1 heterocycles. The van der Waals surface area contributed by atoms with Crippen LogP contribution >= 0.6 is 11.6 Å². The summed E-state index contributed by atoms with van der Waals surface area (Å²) < 4.78 is 0. The monoisotopic (exact) mass is 311 g/mol. The highest BCUT2D eigenvalue weighted by Gasteiger charge is 2.43. The highest BCUT2D eigenvalue weighted by Crippen LogP contribution is 2.34. The number of hydrogen-bond acceptors (Lipinski definition) is 4. The van der Waals surface area contributed by atoms with Crippen molar-refractivity contribution < 1.29 is 14.7 Å². The molecule has 1 aromatic rings. The predicted molar refractivity (Wildman–Crippen MR) is 77.1 cm³/mol. The molecule has 1 fully saturated rings. The van der Waals surface area contributed by atoms with Crippen LogP contribution in [0.15, 0.2) is 12.1 Å². The Morgan fingerprint density at radius 1 is 1.38 bits per heavy atom. The lowest BCUT2D eigenvalue weighted by Gasteiger charge is -2.37. The molecular formula is C14H18ClN3O3. The van der Waals surface area contributed by atoms with Crippen LogP contribution in [0.1, 0.15) is 49.5 Å². The number of carboxylic acid groups (broad SMARTS) is 1. The van der Waals surface area contributed by atoms with Gasteiger partial charge in [-0.05, 0) is 43.7 Å². The number of nitrogens with zero attached hydrogens (tertiary/aromatic N) is 2. The van der Waals surface area contributed by atoms with E-state index in [0.717, 1.165) is 19.3 Å². The first-order chi connectivity index (χ1) is 9.97. The van der Waals surface area contributed by atoms with Crippen molar-refractivity contribution in [2.75, 3.05) is 0 Å². The van der Waals surface area contributed by atoms with Crippen molar-refractivity contribution in [3.63, 3.8) is 0 Å². The molecule has 114 valence electrons. The summed E-state index contributed by atoms with van der Waals surface area (Å²) in [6.07, 6.45) is 3.51. The van der Waals surface area contributed by atoms with Crippen molar-refractivity contribution in [3.8, 4) is 0 Å². The van der Waals surface area contributed by atoms with Crippen LogP contribution in [-0.2, 0) is 4.79 Å². The molecule has 2 N–H and O–H groups in total. The van der Waals surface area contributed by atoms with E-state index in [-0.39, 0.29) is 10.8 Å². The van der Waals surface area contributed by atoms with Crippen LogP contribution in [-0.4, -0.2) is 32.7 Å². The standard InChI is InChI=1S/C14H18ClN3O3/c1-2-9-5-7-14(8-6-9,13(20)21)16-12(19)10-3-4-11(15)18-17-10/h3-4,9H,2,5-8H2,1H3,(H,16,19)(H,20,21). The molecule has 1 aliphatic carbocycles. The molecule has 1 saturated carbocycles. The molecule has 0 spiro atoms. The fraction of sp³-hybridized carbons (Fsp3) is 0.571. The van der Waals surface area contributed by atoms with Gasteiger partial charge in [-0.15, -0.1) is 10.2 Å². The van der Waals surface area contributed by atoms with E-state index in [1.807, 2.05) is 0 Å². The van der Waals surface area contributed by atoms with Gasteiger partial charge in [-0.2, -0.15) is 0 Å². The number of hydrogen-bond donors (Lipinski definition) is 2. The fourth-order valence-electron chi connectivity index (χ4n) is 2.69. The van der Waals surface area contributed by atoms with Crippen LogP contribution in [0.5, 0.6) is 0 Å². The molecule has 7 heteroatoms. The van der Waals surface area contributed by atoms with E-state index in [1.165, 1.54) is 12.1 Å². The number of nitrogens with one attached hydrogen (secondary N) is 1. The van der Waals surface area contributed by atoms with E-state index in [2.05, 4.69) is 22.4 Å². The lowest BCUT2D eigenvalue weighted by molar-refractivity contribution is -0.146. The van der Waals surface area contributed by atoms with E-state index in [0.29, 0.717) is 18.8 Å². The van der Waals surface area contributed by atoms with E-state index < -0.39 is 17.4 Å². The molecule has 0 radical (unpaired) electrons. The average Bonchev–Trinajstić information content (AvgIpc) is 2.48. The quantitative estimate of drug-likeness (QED) is 0.890. The summed E-state index contributed by atoms with van der Waals surface area (Å²) in [7, 11) is 0. The Hall–Kier alpha value is -1.69. The Kier molecular flexibility index (Phi) is 4.77. The van der Waals surface area contributed by atoms with Crippen LogP contribution in [0.25, 0.3) is 0 Å². The zero-order chi connectivity index (χ0) is 15.5. The minimum Gasteiger partial charge on any atom is -0.480 e. The Bertz CT molecular complexity index is 525. The number of carbonyl (C=O) groups excluding carboxylic acids is 1. The number of halogens is 1. The normalized spacial score (nSPS) is 25.3. The second-order valence-corrected chi connectivity index (χ2v) is 5.82. The summed E-state index contributed by atoms with van der Waals surface area (Å²) in [6.45, 7) is 2.10. The van der Waals surface area contributed by atoms with Crippen LogP contribution in [0, 0.1) is 5.92 Å². The lowest BCUT2D eigenvalue weighted by Crippen LogP contribution is -2.56. The Balaban J connectivity index is 2.12. The first kappa shape index (κ1) is 15.7. The topological polar surface area (TPSA) is 92.2 Å². The van der Waals surface area contributed by atoms with Crippen molar-refractivity contribution >= 4 is 23.5 Å². The maximum atomic E-state index is 12.2. The first-order valence-electron chi connectivity index (χ1n) is 7.02.